The van der Waals surface area contributed by atoms with E-state index in [0.29, 0.717) is 5.56 Å². The van der Waals surface area contributed by atoms with Gasteiger partial charge in [-0.3, -0.25) is 4.90 Å². The summed E-state index contributed by atoms with van der Waals surface area (Å²) >= 11 is 0. The summed E-state index contributed by atoms with van der Waals surface area (Å²) in [6.07, 6.45) is 1.85. The van der Waals surface area contributed by atoms with Gasteiger partial charge in [0.2, 0.25) is 0 Å². The molecule has 0 saturated heterocycles. The maximum atomic E-state index is 11.1. The van der Waals surface area contributed by atoms with Crippen LogP contribution in [0.4, 0.5) is 17.2 Å². The van der Waals surface area contributed by atoms with Crippen molar-refractivity contribution in [3.63, 3.8) is 0 Å². The van der Waals surface area contributed by atoms with E-state index in [1.54, 1.807) is 6.07 Å². The quantitative estimate of drug-likeness (QED) is 0.187. The van der Waals surface area contributed by atoms with Gasteiger partial charge in [-0.25, -0.2) is 9.97 Å². The van der Waals surface area contributed by atoms with Crippen LogP contribution in [0, 0.1) is 0 Å². The summed E-state index contributed by atoms with van der Waals surface area (Å²) in [6, 6.07) is 46.6. The topological polar surface area (TPSA) is 49.3 Å². The number of phenols is 1. The SMILES string of the molecule is CC(C)(C)c1cc(-c2cc(-c3cc(C(C)(C)C)cc(C(C)(C)C)c3)cc(-c3ccccc3O)n2)cc(N(c2ccccn2)c2cccc3ccccc23)c1. The van der Waals surface area contributed by atoms with E-state index in [1.807, 2.05) is 36.5 Å². The van der Waals surface area contributed by atoms with Crippen molar-refractivity contribution in [1.82, 2.24) is 9.97 Å². The van der Waals surface area contributed by atoms with Crippen LogP contribution in [0.2, 0.25) is 0 Å². The molecule has 2 heterocycles. The van der Waals surface area contributed by atoms with E-state index in [1.165, 1.54) is 16.7 Å². The average Bonchev–Trinajstić information content (AvgIpc) is 3.14. The van der Waals surface area contributed by atoms with Gasteiger partial charge in [0.15, 0.2) is 0 Å². The Balaban J connectivity index is 1.52. The number of phenolic OH excluding ortho intramolecular Hbond substituents is 1. The normalized spacial score (nSPS) is 12.2. The van der Waals surface area contributed by atoms with Crippen molar-refractivity contribution < 1.29 is 5.11 Å². The molecule has 4 nitrogen and oxygen atoms in total. The molecule has 0 bridgehead atoms. The first-order valence-electron chi connectivity index (χ1n) is 18.9. The lowest BCUT2D eigenvalue weighted by molar-refractivity contribution is 0.477. The molecule has 272 valence electrons. The van der Waals surface area contributed by atoms with Crippen molar-refractivity contribution in [3.05, 3.63) is 156 Å². The predicted molar refractivity (Wildman–Crippen MR) is 228 cm³/mol. The van der Waals surface area contributed by atoms with Crippen LogP contribution in [-0.4, -0.2) is 15.1 Å². The van der Waals surface area contributed by atoms with E-state index in [9.17, 15) is 5.11 Å². The summed E-state index contributed by atoms with van der Waals surface area (Å²) in [5.41, 5.74) is 10.9. The van der Waals surface area contributed by atoms with Crippen LogP contribution >= 0.6 is 0 Å². The molecule has 0 radical (unpaired) electrons. The van der Waals surface area contributed by atoms with Crippen LogP contribution in [0.1, 0.15) is 79.0 Å². The first-order chi connectivity index (χ1) is 25.6. The number of aromatic nitrogens is 2. The van der Waals surface area contributed by atoms with Gasteiger partial charge < -0.3 is 5.11 Å². The molecule has 1 N–H and O–H groups in total. The second-order valence-corrected chi connectivity index (χ2v) is 17.5. The predicted octanol–water partition coefficient (Wildman–Crippen LogP) is 13.7. The lowest BCUT2D eigenvalue weighted by Gasteiger charge is -2.29. The second kappa shape index (κ2) is 13.9. The van der Waals surface area contributed by atoms with Crippen molar-refractivity contribution >= 4 is 28.0 Å². The molecule has 0 fully saturated rings. The molecule has 7 aromatic rings. The summed E-state index contributed by atoms with van der Waals surface area (Å²) < 4.78 is 0. The third-order valence-corrected chi connectivity index (χ3v) is 10.2. The maximum Gasteiger partial charge on any atom is 0.137 e. The zero-order chi connectivity index (χ0) is 38.4. The van der Waals surface area contributed by atoms with E-state index in [0.717, 1.165) is 56.0 Å². The number of benzene rings is 5. The lowest BCUT2D eigenvalue weighted by atomic mass is 9.79. The summed E-state index contributed by atoms with van der Waals surface area (Å²) in [7, 11) is 0. The Labute approximate surface area is 321 Å². The minimum Gasteiger partial charge on any atom is -0.507 e. The molecule has 0 unspecified atom stereocenters. The third kappa shape index (κ3) is 7.52. The Morgan fingerprint density at radius 2 is 1.07 bits per heavy atom. The van der Waals surface area contributed by atoms with Crippen LogP contribution in [0.5, 0.6) is 5.75 Å². The zero-order valence-corrected chi connectivity index (χ0v) is 33.1. The summed E-state index contributed by atoms with van der Waals surface area (Å²) in [6.45, 7) is 20.4. The molecule has 4 heteroatoms. The zero-order valence-electron chi connectivity index (χ0n) is 33.1. The minimum atomic E-state index is -0.167. The number of rotatable bonds is 6. The first kappa shape index (κ1) is 36.6. The fourth-order valence-electron chi connectivity index (χ4n) is 6.94. The molecule has 0 atom stereocenters. The Morgan fingerprint density at radius 1 is 0.500 bits per heavy atom. The molecule has 2 aromatic heterocycles. The largest absolute Gasteiger partial charge is 0.507 e. The van der Waals surface area contributed by atoms with Crippen LogP contribution in [0.15, 0.2) is 140 Å². The second-order valence-electron chi connectivity index (χ2n) is 17.5. The number of anilines is 3. The van der Waals surface area contributed by atoms with E-state index in [-0.39, 0.29) is 22.0 Å². The third-order valence-electron chi connectivity index (χ3n) is 10.2. The molecule has 54 heavy (non-hydrogen) atoms. The van der Waals surface area contributed by atoms with Gasteiger partial charge >= 0.3 is 0 Å². The molecule has 0 amide bonds. The first-order valence-corrected chi connectivity index (χ1v) is 18.9. The van der Waals surface area contributed by atoms with Gasteiger partial charge in [0.1, 0.15) is 11.6 Å². The van der Waals surface area contributed by atoms with Gasteiger partial charge in [0.05, 0.1) is 17.1 Å². The van der Waals surface area contributed by atoms with Crippen LogP contribution < -0.4 is 4.90 Å². The lowest BCUT2D eigenvalue weighted by Crippen LogP contribution is -2.16. The molecular weight excluding hydrogens is 659 g/mol. The smallest absolute Gasteiger partial charge is 0.137 e. The van der Waals surface area contributed by atoms with Gasteiger partial charge in [0, 0.05) is 28.4 Å². The maximum absolute atomic E-state index is 11.1. The fourth-order valence-corrected chi connectivity index (χ4v) is 6.94. The highest BCUT2D eigenvalue weighted by Gasteiger charge is 2.24. The summed E-state index contributed by atoms with van der Waals surface area (Å²) in [5.74, 6) is 1.03. The van der Waals surface area contributed by atoms with Gasteiger partial charge in [-0.1, -0.05) is 135 Å². The molecule has 0 spiro atoms. The molecule has 0 aliphatic rings. The highest BCUT2D eigenvalue weighted by molar-refractivity contribution is 5.99. The van der Waals surface area contributed by atoms with Crippen molar-refractivity contribution in [2.75, 3.05) is 4.90 Å². The number of pyridine rings is 2. The molecule has 0 aliphatic carbocycles. The number of para-hydroxylation sites is 1. The van der Waals surface area contributed by atoms with Crippen molar-refractivity contribution in [3.8, 4) is 39.4 Å². The molecule has 5 aromatic carbocycles. The summed E-state index contributed by atoms with van der Waals surface area (Å²) in [4.78, 5) is 12.5. The average molecular weight is 710 g/mol. The van der Waals surface area contributed by atoms with E-state index in [4.69, 9.17) is 9.97 Å². The van der Waals surface area contributed by atoms with Gasteiger partial charge in [-0.05, 0) is 110 Å². The molecule has 7 rings (SSSR count). The van der Waals surface area contributed by atoms with Crippen molar-refractivity contribution in [2.45, 2.75) is 78.6 Å². The highest BCUT2D eigenvalue weighted by atomic mass is 16.3. The fraction of sp³-hybridized carbons (Fsp3) is 0.240. The molecule has 0 aliphatic heterocycles. The number of hydrogen-bond acceptors (Lipinski definition) is 4. The van der Waals surface area contributed by atoms with Crippen molar-refractivity contribution in [2.24, 2.45) is 0 Å². The number of fused-ring (bicyclic) bond motifs is 1. The Morgan fingerprint density at radius 3 is 1.74 bits per heavy atom. The Kier molecular flexibility index (Phi) is 9.43. The number of aromatic hydroxyl groups is 1. The van der Waals surface area contributed by atoms with E-state index < -0.39 is 0 Å². The summed E-state index contributed by atoms with van der Waals surface area (Å²) in [5, 5.41) is 13.4. The van der Waals surface area contributed by atoms with Gasteiger partial charge in [0.25, 0.3) is 0 Å². The molecular formula is C50H51N3O. The van der Waals surface area contributed by atoms with Gasteiger partial charge in [-0.2, -0.15) is 0 Å². The Bertz CT molecular complexity index is 2420. The minimum absolute atomic E-state index is 0.0428. The highest BCUT2D eigenvalue weighted by Crippen LogP contribution is 2.43. The van der Waals surface area contributed by atoms with E-state index >= 15 is 0 Å². The van der Waals surface area contributed by atoms with Crippen molar-refractivity contribution in [1.29, 1.82) is 0 Å². The van der Waals surface area contributed by atoms with Crippen LogP contribution in [0.25, 0.3) is 44.4 Å². The number of nitrogens with zero attached hydrogens (tertiary/aromatic N) is 3. The van der Waals surface area contributed by atoms with E-state index in [2.05, 4.69) is 164 Å². The Hall–Kier alpha value is -5.74. The molecule has 0 saturated carbocycles. The van der Waals surface area contributed by atoms with Crippen LogP contribution in [-0.2, 0) is 16.2 Å². The van der Waals surface area contributed by atoms with Crippen LogP contribution in [0.3, 0.4) is 0 Å². The monoisotopic (exact) mass is 709 g/mol. The standard InChI is InChI=1S/C50H51N3O/c1-48(2,3)37-25-34(26-38(31-37)49(4,5)6)35-29-43(52-44(30-35)42-20-12-13-22-46(42)54)36-27-39(50(7,8)9)32-40(28-36)53(47-23-14-15-24-51-47)45-21-16-18-33-17-10-11-19-41(33)45/h10-32,54H,1-9H3. The number of hydrogen-bond donors (Lipinski definition) is 1. The van der Waals surface area contributed by atoms with Gasteiger partial charge in [-0.15, -0.1) is 0 Å².